The van der Waals surface area contributed by atoms with Crippen molar-refractivity contribution in [3.8, 4) is 0 Å². The van der Waals surface area contributed by atoms with Gasteiger partial charge in [-0.15, -0.1) is 0 Å². The molecular weight excluding hydrogens is 210 g/mol. The van der Waals surface area contributed by atoms with Crippen molar-refractivity contribution in [1.82, 2.24) is 0 Å². The van der Waals surface area contributed by atoms with Crippen molar-refractivity contribution in [3.63, 3.8) is 0 Å². The van der Waals surface area contributed by atoms with Gasteiger partial charge in [-0.2, -0.15) is 0 Å². The zero-order valence-electron chi connectivity index (χ0n) is 10.5. The van der Waals surface area contributed by atoms with Crippen LogP contribution in [0.15, 0.2) is 11.6 Å². The molecule has 94 valence electrons. The molecule has 3 heteroatoms. The maximum atomic E-state index is 13.9. The van der Waals surface area contributed by atoms with Crippen LogP contribution in [0.4, 0.5) is 8.78 Å². The Labute approximate surface area is 96.9 Å². The van der Waals surface area contributed by atoms with Gasteiger partial charge in [0.15, 0.2) is 0 Å². The van der Waals surface area contributed by atoms with E-state index >= 15 is 0 Å². The van der Waals surface area contributed by atoms with E-state index in [1.165, 1.54) is 12.7 Å². The first-order chi connectivity index (χ1) is 7.47. The van der Waals surface area contributed by atoms with Gasteiger partial charge in [-0.05, 0) is 39.5 Å². The van der Waals surface area contributed by atoms with Crippen LogP contribution in [0.3, 0.4) is 0 Å². The highest BCUT2D eigenvalue weighted by Crippen LogP contribution is 2.53. The number of hydrogen-bond donors (Lipinski definition) is 0. The smallest absolute Gasteiger partial charge is 0.255 e. The fourth-order valence-corrected chi connectivity index (χ4v) is 2.51. The number of allylic oxidation sites excluding steroid dienone is 2. The van der Waals surface area contributed by atoms with Crippen LogP contribution < -0.4 is 0 Å². The van der Waals surface area contributed by atoms with Crippen LogP contribution in [0.5, 0.6) is 0 Å². The third-order valence-electron chi connectivity index (χ3n) is 3.83. The minimum absolute atomic E-state index is 0.0191. The Bertz CT molecular complexity index is 261. The number of halogens is 2. The summed E-state index contributed by atoms with van der Waals surface area (Å²) < 4.78 is 32.8. The van der Waals surface area contributed by atoms with Crippen molar-refractivity contribution in [2.24, 2.45) is 5.41 Å². The first kappa shape index (κ1) is 13.6. The average molecular weight is 232 g/mol. The standard InChI is InChI=1S/C13H22F2O/c1-4-11(2)6-9-12(10-16-3)7-5-8-13(12,14)15/h4H,5-10H2,1-3H3/b11-4+. The molecule has 0 heterocycles. The molecule has 0 aromatic heterocycles. The normalized spacial score (nSPS) is 29.7. The molecule has 1 nitrogen and oxygen atoms in total. The molecule has 0 N–H and O–H groups in total. The van der Waals surface area contributed by atoms with Gasteiger partial charge < -0.3 is 4.74 Å². The van der Waals surface area contributed by atoms with E-state index in [1.807, 2.05) is 19.9 Å². The van der Waals surface area contributed by atoms with Gasteiger partial charge in [-0.25, -0.2) is 8.78 Å². The molecule has 1 aliphatic rings. The summed E-state index contributed by atoms with van der Waals surface area (Å²) in [7, 11) is 1.51. The Kier molecular flexibility index (Phi) is 4.48. The van der Waals surface area contributed by atoms with Crippen LogP contribution in [0.2, 0.25) is 0 Å². The van der Waals surface area contributed by atoms with Gasteiger partial charge in [-0.1, -0.05) is 11.6 Å². The molecule has 0 bridgehead atoms. The highest BCUT2D eigenvalue weighted by molar-refractivity contribution is 5.03. The van der Waals surface area contributed by atoms with E-state index < -0.39 is 11.3 Å². The average Bonchev–Trinajstić information content (AvgIpc) is 2.52. The molecule has 0 aromatic carbocycles. The van der Waals surface area contributed by atoms with Gasteiger partial charge in [0.1, 0.15) is 0 Å². The van der Waals surface area contributed by atoms with E-state index in [0.717, 1.165) is 6.42 Å². The van der Waals surface area contributed by atoms with Crippen molar-refractivity contribution < 1.29 is 13.5 Å². The molecule has 0 spiro atoms. The summed E-state index contributed by atoms with van der Waals surface area (Å²) in [5.41, 5.74) is 0.254. The van der Waals surface area contributed by atoms with Crippen LogP contribution in [-0.2, 0) is 4.74 Å². The van der Waals surface area contributed by atoms with Gasteiger partial charge in [0, 0.05) is 13.5 Å². The summed E-state index contributed by atoms with van der Waals surface area (Å²) in [5, 5.41) is 0. The third kappa shape index (κ3) is 2.62. The Morgan fingerprint density at radius 2 is 2.06 bits per heavy atom. The Morgan fingerprint density at radius 1 is 1.38 bits per heavy atom. The van der Waals surface area contributed by atoms with E-state index in [-0.39, 0.29) is 13.0 Å². The monoisotopic (exact) mass is 232 g/mol. The highest BCUT2D eigenvalue weighted by atomic mass is 19.3. The van der Waals surface area contributed by atoms with Crippen molar-refractivity contribution in [1.29, 1.82) is 0 Å². The lowest BCUT2D eigenvalue weighted by atomic mass is 9.78. The minimum Gasteiger partial charge on any atom is -0.384 e. The maximum absolute atomic E-state index is 13.9. The number of ether oxygens (including phenoxy) is 1. The van der Waals surface area contributed by atoms with Crippen molar-refractivity contribution in [3.05, 3.63) is 11.6 Å². The van der Waals surface area contributed by atoms with Crippen LogP contribution in [-0.4, -0.2) is 19.6 Å². The number of rotatable bonds is 5. The molecule has 1 rings (SSSR count). The Morgan fingerprint density at radius 3 is 2.50 bits per heavy atom. The maximum Gasteiger partial charge on any atom is 0.255 e. The zero-order chi connectivity index (χ0) is 12.2. The number of hydrogen-bond acceptors (Lipinski definition) is 1. The molecule has 1 atom stereocenters. The predicted molar refractivity (Wildman–Crippen MR) is 61.8 cm³/mol. The second-order valence-electron chi connectivity index (χ2n) is 4.91. The molecule has 0 saturated heterocycles. The highest BCUT2D eigenvalue weighted by Gasteiger charge is 2.56. The fraction of sp³-hybridized carbons (Fsp3) is 0.846. The summed E-state index contributed by atoms with van der Waals surface area (Å²) in [6.45, 7) is 4.12. The SMILES string of the molecule is C/C=C(\C)CCC1(COC)CCCC1(F)F. The first-order valence-electron chi connectivity index (χ1n) is 5.96. The molecule has 1 unspecified atom stereocenters. The van der Waals surface area contributed by atoms with Crippen LogP contribution in [0.1, 0.15) is 46.0 Å². The molecule has 0 aliphatic heterocycles. The van der Waals surface area contributed by atoms with Crippen molar-refractivity contribution in [2.45, 2.75) is 51.9 Å². The second-order valence-corrected chi connectivity index (χ2v) is 4.91. The molecule has 1 fully saturated rings. The number of alkyl halides is 2. The van der Waals surface area contributed by atoms with Crippen LogP contribution >= 0.6 is 0 Å². The largest absolute Gasteiger partial charge is 0.384 e. The minimum atomic E-state index is -2.56. The molecule has 0 amide bonds. The van der Waals surface area contributed by atoms with Crippen LogP contribution in [0, 0.1) is 5.41 Å². The number of methoxy groups -OCH3 is 1. The lowest BCUT2D eigenvalue weighted by Gasteiger charge is -2.34. The van der Waals surface area contributed by atoms with E-state index in [0.29, 0.717) is 19.3 Å². The van der Waals surface area contributed by atoms with Crippen molar-refractivity contribution in [2.75, 3.05) is 13.7 Å². The fourth-order valence-electron chi connectivity index (χ4n) is 2.51. The molecule has 0 radical (unpaired) electrons. The van der Waals surface area contributed by atoms with Gasteiger partial charge in [-0.3, -0.25) is 0 Å². The summed E-state index contributed by atoms with van der Waals surface area (Å²) in [5.74, 6) is -2.56. The van der Waals surface area contributed by atoms with E-state index in [4.69, 9.17) is 4.74 Å². The molecule has 0 aromatic rings. The molecule has 16 heavy (non-hydrogen) atoms. The topological polar surface area (TPSA) is 9.23 Å². The molecule has 1 aliphatic carbocycles. The van der Waals surface area contributed by atoms with Gasteiger partial charge in [0.25, 0.3) is 5.92 Å². The predicted octanol–water partition coefficient (Wildman–Crippen LogP) is 4.18. The summed E-state index contributed by atoms with van der Waals surface area (Å²) in [6, 6.07) is 0. The summed E-state index contributed by atoms with van der Waals surface area (Å²) >= 11 is 0. The second kappa shape index (κ2) is 5.26. The van der Waals surface area contributed by atoms with Gasteiger partial charge in [0.05, 0.1) is 12.0 Å². The van der Waals surface area contributed by atoms with E-state index in [2.05, 4.69) is 0 Å². The Balaban J connectivity index is 2.73. The quantitative estimate of drug-likeness (QED) is 0.646. The van der Waals surface area contributed by atoms with E-state index in [1.54, 1.807) is 0 Å². The first-order valence-corrected chi connectivity index (χ1v) is 5.96. The summed E-state index contributed by atoms with van der Waals surface area (Å²) in [4.78, 5) is 0. The van der Waals surface area contributed by atoms with Gasteiger partial charge in [0.2, 0.25) is 0 Å². The van der Waals surface area contributed by atoms with Gasteiger partial charge >= 0.3 is 0 Å². The zero-order valence-corrected chi connectivity index (χ0v) is 10.5. The molecular formula is C13H22F2O. The lowest BCUT2D eigenvalue weighted by molar-refractivity contribution is -0.130. The lowest BCUT2D eigenvalue weighted by Crippen LogP contribution is -2.40. The molecule has 1 saturated carbocycles. The summed E-state index contributed by atoms with van der Waals surface area (Å²) in [6.07, 6.45) is 4.49. The Hall–Kier alpha value is -0.440. The van der Waals surface area contributed by atoms with Crippen LogP contribution in [0.25, 0.3) is 0 Å². The van der Waals surface area contributed by atoms with Crippen molar-refractivity contribution >= 4 is 0 Å². The van der Waals surface area contributed by atoms with E-state index in [9.17, 15) is 8.78 Å². The third-order valence-corrected chi connectivity index (χ3v) is 3.83.